The van der Waals surface area contributed by atoms with E-state index < -0.39 is 0 Å². The zero-order valence-electron chi connectivity index (χ0n) is 9.72. The molecule has 0 saturated carbocycles. The van der Waals surface area contributed by atoms with Crippen LogP contribution < -0.4 is 10.5 Å². The van der Waals surface area contributed by atoms with Crippen LogP contribution in [0.2, 0.25) is 0 Å². The van der Waals surface area contributed by atoms with Crippen molar-refractivity contribution in [2.24, 2.45) is 0 Å². The van der Waals surface area contributed by atoms with E-state index in [1.165, 1.54) is 0 Å². The van der Waals surface area contributed by atoms with Crippen molar-refractivity contribution in [1.82, 2.24) is 9.61 Å². The van der Waals surface area contributed by atoms with Crippen molar-refractivity contribution in [2.45, 2.75) is 18.9 Å². The summed E-state index contributed by atoms with van der Waals surface area (Å²) in [5.74, 6) is 0.773. The second-order valence-corrected chi connectivity index (χ2v) is 4.20. The average Bonchev–Trinajstić information content (AvgIpc) is 2.98. The van der Waals surface area contributed by atoms with E-state index in [4.69, 9.17) is 15.2 Å². The lowest BCUT2D eigenvalue weighted by Gasteiger charge is -2.15. The predicted molar refractivity (Wildman–Crippen MR) is 64.1 cm³/mol. The molecule has 90 valence electrons. The van der Waals surface area contributed by atoms with Crippen molar-refractivity contribution in [3.8, 4) is 5.75 Å². The molecule has 3 heterocycles. The van der Waals surface area contributed by atoms with Gasteiger partial charge in [-0.3, -0.25) is 0 Å². The molecule has 0 spiro atoms. The van der Waals surface area contributed by atoms with E-state index in [2.05, 4.69) is 5.10 Å². The van der Waals surface area contributed by atoms with Gasteiger partial charge in [-0.2, -0.15) is 5.10 Å². The van der Waals surface area contributed by atoms with Crippen molar-refractivity contribution >= 4 is 11.2 Å². The molecule has 0 radical (unpaired) electrons. The summed E-state index contributed by atoms with van der Waals surface area (Å²) in [5, 5.41) is 4.17. The minimum absolute atomic E-state index is 0.115. The fourth-order valence-corrected chi connectivity index (χ4v) is 2.38. The molecule has 5 nitrogen and oxygen atoms in total. The van der Waals surface area contributed by atoms with Gasteiger partial charge in [0.05, 0.1) is 25.1 Å². The summed E-state index contributed by atoms with van der Waals surface area (Å²) in [5.41, 5.74) is 8.42. The third-order valence-corrected chi connectivity index (χ3v) is 3.18. The zero-order valence-corrected chi connectivity index (χ0v) is 9.72. The molecule has 1 aliphatic rings. The van der Waals surface area contributed by atoms with Gasteiger partial charge in [-0.15, -0.1) is 0 Å². The summed E-state index contributed by atoms with van der Waals surface area (Å²) in [6.45, 7) is 0.813. The summed E-state index contributed by atoms with van der Waals surface area (Å²) in [6.07, 6.45) is 5.76. The highest BCUT2D eigenvalue weighted by atomic mass is 16.5. The van der Waals surface area contributed by atoms with Gasteiger partial charge in [-0.25, -0.2) is 4.52 Å². The maximum absolute atomic E-state index is 5.92. The van der Waals surface area contributed by atoms with Crippen molar-refractivity contribution in [2.75, 3.05) is 19.5 Å². The molecule has 17 heavy (non-hydrogen) atoms. The van der Waals surface area contributed by atoms with Crippen LogP contribution in [0.5, 0.6) is 5.75 Å². The minimum Gasteiger partial charge on any atom is -0.494 e. The van der Waals surface area contributed by atoms with E-state index >= 15 is 0 Å². The molecular weight excluding hydrogens is 218 g/mol. The fourth-order valence-electron chi connectivity index (χ4n) is 2.38. The van der Waals surface area contributed by atoms with Crippen LogP contribution in [0, 0.1) is 0 Å². The van der Waals surface area contributed by atoms with Crippen LogP contribution in [0.4, 0.5) is 5.69 Å². The third kappa shape index (κ3) is 1.54. The number of anilines is 1. The lowest BCUT2D eigenvalue weighted by Crippen LogP contribution is -2.03. The van der Waals surface area contributed by atoms with Crippen molar-refractivity contribution in [3.63, 3.8) is 0 Å². The van der Waals surface area contributed by atoms with Gasteiger partial charge < -0.3 is 15.2 Å². The number of hydrogen-bond donors (Lipinski definition) is 1. The number of aromatic nitrogens is 2. The van der Waals surface area contributed by atoms with Gasteiger partial charge in [0, 0.05) is 18.4 Å². The van der Waals surface area contributed by atoms with Crippen molar-refractivity contribution < 1.29 is 9.47 Å². The normalized spacial score (nSPS) is 19.9. The molecule has 1 fully saturated rings. The molecule has 1 saturated heterocycles. The Morgan fingerprint density at radius 2 is 2.47 bits per heavy atom. The van der Waals surface area contributed by atoms with E-state index in [9.17, 15) is 0 Å². The maximum Gasteiger partial charge on any atom is 0.152 e. The monoisotopic (exact) mass is 233 g/mol. The predicted octanol–water partition coefficient (Wildman–Crippen LogP) is 1.78. The first kappa shape index (κ1) is 10.4. The third-order valence-electron chi connectivity index (χ3n) is 3.18. The van der Waals surface area contributed by atoms with Gasteiger partial charge >= 0.3 is 0 Å². The van der Waals surface area contributed by atoms with Gasteiger partial charge in [0.2, 0.25) is 0 Å². The molecule has 3 rings (SSSR count). The van der Waals surface area contributed by atoms with Crippen LogP contribution in [0.25, 0.3) is 5.52 Å². The first-order valence-electron chi connectivity index (χ1n) is 5.72. The molecule has 0 aromatic carbocycles. The van der Waals surface area contributed by atoms with Crippen molar-refractivity contribution in [1.29, 1.82) is 0 Å². The Morgan fingerprint density at radius 3 is 3.18 bits per heavy atom. The number of methoxy groups -OCH3 is 1. The molecule has 1 unspecified atom stereocenters. The van der Waals surface area contributed by atoms with Crippen LogP contribution >= 0.6 is 0 Å². The SMILES string of the molecule is COc1c(C2CCCO2)ccn2ncc(N)c12. The topological polar surface area (TPSA) is 61.8 Å². The number of nitrogens with zero attached hydrogens (tertiary/aromatic N) is 2. The summed E-state index contributed by atoms with van der Waals surface area (Å²) >= 11 is 0. The molecule has 1 atom stereocenters. The standard InChI is InChI=1S/C12H15N3O2/c1-16-12-8(10-3-2-6-17-10)4-5-15-11(12)9(13)7-14-15/h4-5,7,10H,2-3,6,13H2,1H3. The Morgan fingerprint density at radius 1 is 1.59 bits per heavy atom. The molecular formula is C12H15N3O2. The van der Waals surface area contributed by atoms with Gasteiger partial charge in [0.1, 0.15) is 5.52 Å². The van der Waals surface area contributed by atoms with Crippen LogP contribution in [0.3, 0.4) is 0 Å². The molecule has 0 amide bonds. The average molecular weight is 233 g/mol. The number of hydrogen-bond acceptors (Lipinski definition) is 4. The second kappa shape index (κ2) is 3.92. The molecule has 0 bridgehead atoms. The highest BCUT2D eigenvalue weighted by molar-refractivity contribution is 5.78. The highest BCUT2D eigenvalue weighted by Crippen LogP contribution is 2.38. The van der Waals surface area contributed by atoms with E-state index in [0.717, 1.165) is 36.3 Å². The van der Waals surface area contributed by atoms with Gasteiger partial charge in [-0.05, 0) is 18.9 Å². The summed E-state index contributed by atoms with van der Waals surface area (Å²) in [6, 6.07) is 1.99. The smallest absolute Gasteiger partial charge is 0.152 e. The van der Waals surface area contributed by atoms with Crippen LogP contribution in [0.15, 0.2) is 18.5 Å². The van der Waals surface area contributed by atoms with Crippen LogP contribution in [0.1, 0.15) is 24.5 Å². The zero-order chi connectivity index (χ0) is 11.8. The van der Waals surface area contributed by atoms with E-state index in [1.807, 2.05) is 12.3 Å². The Bertz CT molecular complexity index is 544. The number of pyridine rings is 1. The Balaban J connectivity index is 2.20. The Kier molecular flexibility index (Phi) is 2.40. The van der Waals surface area contributed by atoms with E-state index in [0.29, 0.717) is 5.69 Å². The molecule has 2 N–H and O–H groups in total. The minimum atomic E-state index is 0.115. The second-order valence-electron chi connectivity index (χ2n) is 4.20. The largest absolute Gasteiger partial charge is 0.494 e. The summed E-state index contributed by atoms with van der Waals surface area (Å²) < 4.78 is 12.9. The number of rotatable bonds is 2. The lowest BCUT2D eigenvalue weighted by molar-refractivity contribution is 0.109. The van der Waals surface area contributed by atoms with Crippen LogP contribution in [-0.4, -0.2) is 23.3 Å². The molecule has 1 aliphatic heterocycles. The fraction of sp³-hybridized carbons (Fsp3) is 0.417. The number of fused-ring (bicyclic) bond motifs is 1. The van der Waals surface area contributed by atoms with Gasteiger partial charge in [0.15, 0.2) is 5.75 Å². The Hall–Kier alpha value is -1.75. The van der Waals surface area contributed by atoms with Gasteiger partial charge in [0.25, 0.3) is 0 Å². The first-order chi connectivity index (χ1) is 8.31. The van der Waals surface area contributed by atoms with E-state index in [1.54, 1.807) is 17.8 Å². The van der Waals surface area contributed by atoms with Crippen molar-refractivity contribution in [3.05, 3.63) is 24.0 Å². The quantitative estimate of drug-likeness (QED) is 0.858. The maximum atomic E-state index is 5.92. The van der Waals surface area contributed by atoms with Gasteiger partial charge in [-0.1, -0.05) is 0 Å². The van der Waals surface area contributed by atoms with Crippen LogP contribution in [-0.2, 0) is 4.74 Å². The molecule has 5 heteroatoms. The first-order valence-corrected chi connectivity index (χ1v) is 5.72. The molecule has 0 aliphatic carbocycles. The molecule has 2 aromatic heterocycles. The Labute approximate surface area is 99.1 Å². The summed E-state index contributed by atoms with van der Waals surface area (Å²) in [4.78, 5) is 0. The highest BCUT2D eigenvalue weighted by Gasteiger charge is 2.23. The number of nitrogen functional groups attached to an aromatic ring is 1. The number of ether oxygens (including phenoxy) is 2. The molecule has 2 aromatic rings. The summed E-state index contributed by atoms with van der Waals surface area (Å²) in [7, 11) is 1.65. The lowest BCUT2D eigenvalue weighted by atomic mass is 10.1. The van der Waals surface area contributed by atoms with E-state index in [-0.39, 0.29) is 6.10 Å². The number of nitrogens with two attached hydrogens (primary N) is 1.